The summed E-state index contributed by atoms with van der Waals surface area (Å²) < 4.78 is 10.6. The maximum Gasteiger partial charge on any atom is 0.314 e. The molecule has 0 saturated heterocycles. The lowest BCUT2D eigenvalue weighted by atomic mass is 9.68. The van der Waals surface area contributed by atoms with Crippen molar-refractivity contribution in [2.45, 2.75) is 90.9 Å². The van der Waals surface area contributed by atoms with Crippen LogP contribution in [0.1, 0.15) is 90.9 Å². The minimum atomic E-state index is -0.360. The van der Waals surface area contributed by atoms with Gasteiger partial charge in [0, 0.05) is 6.92 Å². The average molecular weight is 415 g/mol. The molecule has 0 aromatic heterocycles. The van der Waals surface area contributed by atoms with E-state index in [1.807, 2.05) is 0 Å². The Morgan fingerprint density at radius 3 is 1.87 bits per heavy atom. The number of benzene rings is 1. The molecule has 4 nitrogen and oxygen atoms in total. The summed E-state index contributed by atoms with van der Waals surface area (Å²) in [6.07, 6.45) is 15.4. The lowest BCUT2D eigenvalue weighted by Crippen LogP contribution is -2.30. The molecular weight excluding hydrogens is 376 g/mol. The van der Waals surface area contributed by atoms with Crippen LogP contribution in [0.5, 0.6) is 11.5 Å². The molecule has 0 bridgehead atoms. The van der Waals surface area contributed by atoms with Gasteiger partial charge in [-0.2, -0.15) is 0 Å². The Morgan fingerprint density at radius 1 is 0.800 bits per heavy atom. The van der Waals surface area contributed by atoms with Crippen molar-refractivity contribution in [1.29, 1.82) is 0 Å². The highest BCUT2D eigenvalue weighted by atomic mass is 16.5. The summed E-state index contributed by atoms with van der Waals surface area (Å²) in [4.78, 5) is 23.6. The van der Waals surface area contributed by atoms with Gasteiger partial charge in [0.25, 0.3) is 0 Å². The van der Waals surface area contributed by atoms with E-state index in [0.717, 1.165) is 43.4 Å². The molecule has 0 spiro atoms. The van der Waals surface area contributed by atoms with E-state index in [1.165, 1.54) is 58.3 Å². The van der Waals surface area contributed by atoms with E-state index in [9.17, 15) is 9.59 Å². The molecule has 2 aliphatic carbocycles. The fourth-order valence-electron chi connectivity index (χ4n) is 5.40. The van der Waals surface area contributed by atoms with Crippen LogP contribution in [-0.4, -0.2) is 11.9 Å². The van der Waals surface area contributed by atoms with E-state index in [4.69, 9.17) is 9.47 Å². The molecule has 1 aromatic rings. The number of esters is 2. The molecule has 2 aliphatic rings. The Kier molecular flexibility index (Phi) is 8.77. The number of hydrogen-bond acceptors (Lipinski definition) is 4. The Bertz CT molecular complexity index is 665. The molecule has 30 heavy (non-hydrogen) atoms. The summed E-state index contributed by atoms with van der Waals surface area (Å²) in [5.74, 6) is 3.15. The van der Waals surface area contributed by atoms with Crippen molar-refractivity contribution in [3.05, 3.63) is 24.3 Å². The van der Waals surface area contributed by atoms with Gasteiger partial charge in [-0.15, -0.1) is 0 Å². The minimum Gasteiger partial charge on any atom is -0.427 e. The summed E-state index contributed by atoms with van der Waals surface area (Å²) in [5.41, 5.74) is 0. The second-order valence-electron chi connectivity index (χ2n) is 9.37. The summed E-state index contributed by atoms with van der Waals surface area (Å²) in [7, 11) is 0. The van der Waals surface area contributed by atoms with Gasteiger partial charge in [0.05, 0.1) is 5.92 Å². The predicted molar refractivity (Wildman–Crippen MR) is 118 cm³/mol. The Balaban J connectivity index is 1.38. The first-order chi connectivity index (χ1) is 14.5. The SMILES string of the molecule is CCCCCC1CCC(C2CCC(C(=O)Oc3ccc(OC(C)=O)cc3)CC2)CC1. The molecule has 166 valence electrons. The molecule has 0 amide bonds. The van der Waals surface area contributed by atoms with Crippen LogP contribution in [-0.2, 0) is 9.59 Å². The number of rotatable bonds is 8. The van der Waals surface area contributed by atoms with Gasteiger partial charge in [-0.1, -0.05) is 45.4 Å². The minimum absolute atomic E-state index is 0.0137. The maximum absolute atomic E-state index is 12.6. The van der Waals surface area contributed by atoms with Crippen LogP contribution in [0.2, 0.25) is 0 Å². The topological polar surface area (TPSA) is 52.6 Å². The fourth-order valence-corrected chi connectivity index (χ4v) is 5.40. The van der Waals surface area contributed by atoms with Crippen LogP contribution in [0.25, 0.3) is 0 Å². The molecule has 4 heteroatoms. The second kappa shape index (κ2) is 11.5. The van der Waals surface area contributed by atoms with Crippen LogP contribution in [0, 0.1) is 23.7 Å². The van der Waals surface area contributed by atoms with Gasteiger partial charge >= 0.3 is 11.9 Å². The van der Waals surface area contributed by atoms with Crippen molar-refractivity contribution in [2.24, 2.45) is 23.7 Å². The summed E-state index contributed by atoms with van der Waals surface area (Å²) in [6.45, 7) is 3.65. The van der Waals surface area contributed by atoms with Gasteiger partial charge in [0.15, 0.2) is 0 Å². The number of carbonyl (C=O) groups excluding carboxylic acids is 2. The standard InChI is InChI=1S/C26H38O4/c1-3-4-5-6-20-7-9-21(10-8-20)22-11-13-23(14-12-22)26(28)30-25-17-15-24(16-18-25)29-19(2)27/h15-18,20-23H,3-14H2,1-2H3. The molecule has 2 saturated carbocycles. The van der Waals surface area contributed by atoms with E-state index in [0.29, 0.717) is 11.5 Å². The molecular formula is C26H38O4. The monoisotopic (exact) mass is 414 g/mol. The highest BCUT2D eigenvalue weighted by Gasteiger charge is 2.33. The third-order valence-electron chi connectivity index (χ3n) is 7.18. The molecule has 0 atom stereocenters. The van der Waals surface area contributed by atoms with E-state index in [2.05, 4.69) is 6.92 Å². The zero-order valence-corrected chi connectivity index (χ0v) is 18.7. The van der Waals surface area contributed by atoms with Crippen LogP contribution < -0.4 is 9.47 Å². The largest absolute Gasteiger partial charge is 0.427 e. The number of ether oxygens (including phenoxy) is 2. The van der Waals surface area contributed by atoms with Crippen molar-refractivity contribution >= 4 is 11.9 Å². The van der Waals surface area contributed by atoms with Crippen molar-refractivity contribution in [3.63, 3.8) is 0 Å². The molecule has 0 aliphatic heterocycles. The first kappa shape index (κ1) is 22.8. The molecule has 0 heterocycles. The van der Waals surface area contributed by atoms with Gasteiger partial charge in [0.1, 0.15) is 11.5 Å². The smallest absolute Gasteiger partial charge is 0.314 e. The van der Waals surface area contributed by atoms with E-state index >= 15 is 0 Å². The van der Waals surface area contributed by atoms with Crippen LogP contribution in [0.3, 0.4) is 0 Å². The first-order valence-electron chi connectivity index (χ1n) is 12.0. The van der Waals surface area contributed by atoms with E-state index in [-0.39, 0.29) is 17.9 Å². The van der Waals surface area contributed by atoms with Crippen LogP contribution >= 0.6 is 0 Å². The molecule has 1 aromatic carbocycles. The van der Waals surface area contributed by atoms with Crippen molar-refractivity contribution in [2.75, 3.05) is 0 Å². The fraction of sp³-hybridized carbons (Fsp3) is 0.692. The van der Waals surface area contributed by atoms with Crippen LogP contribution in [0.15, 0.2) is 24.3 Å². The summed E-state index contributed by atoms with van der Waals surface area (Å²) in [5, 5.41) is 0. The van der Waals surface area contributed by atoms with Crippen molar-refractivity contribution in [1.82, 2.24) is 0 Å². The molecule has 0 unspecified atom stereocenters. The lowest BCUT2D eigenvalue weighted by molar-refractivity contribution is -0.140. The zero-order chi connectivity index (χ0) is 21.3. The number of unbranched alkanes of at least 4 members (excludes halogenated alkanes) is 2. The number of hydrogen-bond donors (Lipinski definition) is 0. The average Bonchev–Trinajstić information content (AvgIpc) is 2.75. The molecule has 3 rings (SSSR count). The highest BCUT2D eigenvalue weighted by molar-refractivity contribution is 5.75. The Morgan fingerprint density at radius 2 is 1.33 bits per heavy atom. The highest BCUT2D eigenvalue weighted by Crippen LogP contribution is 2.42. The van der Waals surface area contributed by atoms with Gasteiger partial charge in [-0.3, -0.25) is 9.59 Å². The molecule has 0 radical (unpaired) electrons. The molecule has 0 N–H and O–H groups in total. The Labute approximate surface area is 181 Å². The predicted octanol–water partition coefficient (Wildman–Crippen LogP) is 6.71. The third kappa shape index (κ3) is 6.85. The van der Waals surface area contributed by atoms with E-state index < -0.39 is 0 Å². The zero-order valence-electron chi connectivity index (χ0n) is 18.7. The Hall–Kier alpha value is -1.84. The second-order valence-corrected chi connectivity index (χ2v) is 9.37. The van der Waals surface area contributed by atoms with Crippen LogP contribution in [0.4, 0.5) is 0 Å². The van der Waals surface area contributed by atoms with Crippen molar-refractivity contribution in [3.8, 4) is 11.5 Å². The number of carbonyl (C=O) groups is 2. The lowest BCUT2D eigenvalue weighted by Gasteiger charge is -2.37. The quantitative estimate of drug-likeness (QED) is 0.269. The summed E-state index contributed by atoms with van der Waals surface area (Å²) in [6, 6.07) is 6.67. The summed E-state index contributed by atoms with van der Waals surface area (Å²) >= 11 is 0. The van der Waals surface area contributed by atoms with Gasteiger partial charge in [0.2, 0.25) is 0 Å². The van der Waals surface area contributed by atoms with Crippen molar-refractivity contribution < 1.29 is 19.1 Å². The van der Waals surface area contributed by atoms with Gasteiger partial charge in [-0.05, 0) is 80.5 Å². The van der Waals surface area contributed by atoms with Gasteiger partial charge in [-0.25, -0.2) is 0 Å². The third-order valence-corrected chi connectivity index (χ3v) is 7.18. The normalized spacial score (nSPS) is 26.7. The maximum atomic E-state index is 12.6. The molecule has 2 fully saturated rings. The van der Waals surface area contributed by atoms with E-state index in [1.54, 1.807) is 24.3 Å². The van der Waals surface area contributed by atoms with Gasteiger partial charge < -0.3 is 9.47 Å². The first-order valence-corrected chi connectivity index (χ1v) is 12.0.